The van der Waals surface area contributed by atoms with Crippen molar-refractivity contribution in [2.24, 2.45) is 0 Å². The van der Waals surface area contributed by atoms with Crippen LogP contribution in [0.3, 0.4) is 0 Å². The molecule has 0 aliphatic rings. The number of nitrogens with zero attached hydrogens (tertiary/aromatic N) is 1. The Balaban J connectivity index is 1.69. The van der Waals surface area contributed by atoms with E-state index in [0.29, 0.717) is 6.54 Å². The fourth-order valence-corrected chi connectivity index (χ4v) is 1.71. The lowest BCUT2D eigenvalue weighted by Gasteiger charge is -2.02. The minimum Gasteiger partial charge on any atom is -0.474 e. The third-order valence-corrected chi connectivity index (χ3v) is 2.98. The maximum Gasteiger partial charge on any atom is 0.254 e. The smallest absolute Gasteiger partial charge is 0.254 e. The Morgan fingerprint density at radius 3 is 2.91 bits per heavy atom. The standard InChI is InChI=1S/C15H15N3O4S/c19-13(7-6-11-4-2-1-3-5-11)16-8-9-21-14-10-12(22-18-14)15(23)17-20/h1-7,10,20H,8-9H2,(H,16,19)(H,17,23). The first kappa shape index (κ1) is 16.7. The van der Waals surface area contributed by atoms with E-state index in [-0.39, 0.29) is 29.1 Å². The van der Waals surface area contributed by atoms with E-state index in [1.54, 1.807) is 11.6 Å². The number of nitrogens with one attached hydrogen (secondary N) is 2. The number of ether oxygens (including phenoxy) is 1. The SMILES string of the molecule is O=C(C=Cc1ccccc1)NCCOc1cc(C(=S)NO)on1. The number of amides is 1. The maximum atomic E-state index is 11.6. The zero-order chi connectivity index (χ0) is 16.5. The van der Waals surface area contributed by atoms with Crippen molar-refractivity contribution in [2.45, 2.75) is 0 Å². The molecule has 1 amide bonds. The van der Waals surface area contributed by atoms with E-state index in [0.717, 1.165) is 5.56 Å². The molecular weight excluding hydrogens is 318 g/mol. The summed E-state index contributed by atoms with van der Waals surface area (Å²) in [5.74, 6) is 0.183. The fraction of sp³-hybridized carbons (Fsp3) is 0.133. The number of aromatic nitrogens is 1. The Morgan fingerprint density at radius 1 is 1.39 bits per heavy atom. The Labute approximate surface area is 137 Å². The van der Waals surface area contributed by atoms with Crippen LogP contribution in [0, 0.1) is 0 Å². The molecule has 1 aromatic heterocycles. The van der Waals surface area contributed by atoms with Gasteiger partial charge < -0.3 is 14.6 Å². The molecule has 3 N–H and O–H groups in total. The zero-order valence-electron chi connectivity index (χ0n) is 12.1. The van der Waals surface area contributed by atoms with Gasteiger partial charge in [-0.3, -0.25) is 15.5 Å². The monoisotopic (exact) mass is 333 g/mol. The minimum atomic E-state index is -0.219. The number of benzene rings is 1. The molecule has 0 saturated carbocycles. The van der Waals surface area contributed by atoms with Crippen molar-refractivity contribution in [3.63, 3.8) is 0 Å². The van der Waals surface area contributed by atoms with E-state index in [2.05, 4.69) is 10.5 Å². The first-order valence-corrected chi connectivity index (χ1v) is 7.15. The van der Waals surface area contributed by atoms with Crippen molar-refractivity contribution in [2.75, 3.05) is 13.2 Å². The molecule has 0 aliphatic heterocycles. The summed E-state index contributed by atoms with van der Waals surface area (Å²) < 4.78 is 10.1. The van der Waals surface area contributed by atoms with Crippen LogP contribution in [-0.4, -0.2) is 34.4 Å². The summed E-state index contributed by atoms with van der Waals surface area (Å²) in [5, 5.41) is 14.9. The van der Waals surface area contributed by atoms with E-state index in [9.17, 15) is 4.79 Å². The van der Waals surface area contributed by atoms with E-state index in [4.69, 9.17) is 26.7 Å². The van der Waals surface area contributed by atoms with Crippen molar-refractivity contribution in [1.82, 2.24) is 16.0 Å². The van der Waals surface area contributed by atoms with E-state index >= 15 is 0 Å². The van der Waals surface area contributed by atoms with Crippen LogP contribution in [0.4, 0.5) is 0 Å². The summed E-state index contributed by atoms with van der Waals surface area (Å²) in [6, 6.07) is 10.9. The number of hydrogen-bond acceptors (Lipinski definition) is 6. The minimum absolute atomic E-state index is 0.00621. The molecule has 120 valence electrons. The van der Waals surface area contributed by atoms with Gasteiger partial charge in [0.2, 0.25) is 5.91 Å². The van der Waals surface area contributed by atoms with E-state index in [1.807, 2.05) is 30.3 Å². The molecule has 0 unspecified atom stereocenters. The van der Waals surface area contributed by atoms with Crippen LogP contribution in [0.15, 0.2) is 47.0 Å². The van der Waals surface area contributed by atoms with Crippen molar-refractivity contribution in [1.29, 1.82) is 0 Å². The van der Waals surface area contributed by atoms with Crippen LogP contribution in [-0.2, 0) is 4.79 Å². The Morgan fingerprint density at radius 2 is 2.17 bits per heavy atom. The second kappa shape index (κ2) is 8.66. The van der Waals surface area contributed by atoms with Gasteiger partial charge in [-0.2, -0.15) is 0 Å². The molecule has 23 heavy (non-hydrogen) atoms. The lowest BCUT2D eigenvalue weighted by molar-refractivity contribution is -0.116. The van der Waals surface area contributed by atoms with E-state index in [1.165, 1.54) is 12.1 Å². The first-order valence-electron chi connectivity index (χ1n) is 6.74. The average molecular weight is 333 g/mol. The highest BCUT2D eigenvalue weighted by atomic mass is 32.1. The summed E-state index contributed by atoms with van der Waals surface area (Å²) in [6.07, 6.45) is 3.18. The van der Waals surface area contributed by atoms with Gasteiger partial charge in [0.15, 0.2) is 10.7 Å². The molecule has 0 radical (unpaired) electrons. The summed E-state index contributed by atoms with van der Waals surface area (Å²) in [7, 11) is 0. The van der Waals surface area contributed by atoms with Crippen molar-refractivity contribution < 1.29 is 19.3 Å². The highest BCUT2D eigenvalue weighted by molar-refractivity contribution is 7.80. The highest BCUT2D eigenvalue weighted by Crippen LogP contribution is 2.11. The summed E-state index contributed by atoms with van der Waals surface area (Å²) >= 11 is 4.76. The van der Waals surface area contributed by atoms with Crippen molar-refractivity contribution >= 4 is 29.2 Å². The first-order chi connectivity index (χ1) is 11.2. The number of hydroxylamine groups is 1. The lowest BCUT2D eigenvalue weighted by atomic mass is 10.2. The molecule has 0 fully saturated rings. The molecule has 7 nitrogen and oxygen atoms in total. The molecule has 0 spiro atoms. The Hall–Kier alpha value is -2.71. The van der Waals surface area contributed by atoms with Gasteiger partial charge in [0.05, 0.1) is 12.6 Å². The van der Waals surface area contributed by atoms with Crippen LogP contribution >= 0.6 is 12.2 Å². The largest absolute Gasteiger partial charge is 0.474 e. The third-order valence-electron chi connectivity index (χ3n) is 2.69. The molecule has 0 aliphatic carbocycles. The van der Waals surface area contributed by atoms with Crippen molar-refractivity contribution in [3.05, 3.63) is 53.8 Å². The van der Waals surface area contributed by atoms with Gasteiger partial charge in [0.25, 0.3) is 5.88 Å². The van der Waals surface area contributed by atoms with Gasteiger partial charge in [-0.15, -0.1) is 0 Å². The number of thiocarbonyl (C=S) groups is 1. The maximum absolute atomic E-state index is 11.6. The number of carbonyl (C=O) groups excluding carboxylic acids is 1. The van der Waals surface area contributed by atoms with Gasteiger partial charge >= 0.3 is 0 Å². The molecule has 1 aromatic carbocycles. The van der Waals surface area contributed by atoms with Gasteiger partial charge in [-0.1, -0.05) is 42.5 Å². The third kappa shape index (κ3) is 5.53. The second-order valence-corrected chi connectivity index (χ2v) is 4.76. The lowest BCUT2D eigenvalue weighted by Crippen LogP contribution is -2.26. The number of hydrogen-bond donors (Lipinski definition) is 3. The number of rotatable bonds is 7. The molecule has 2 rings (SSSR count). The molecular formula is C15H15N3O4S. The molecule has 2 aromatic rings. The van der Waals surface area contributed by atoms with Crippen LogP contribution in [0.5, 0.6) is 5.88 Å². The predicted molar refractivity (Wildman–Crippen MR) is 87.1 cm³/mol. The fourth-order valence-electron chi connectivity index (χ4n) is 1.61. The summed E-state index contributed by atoms with van der Waals surface area (Å²) in [6.45, 7) is 0.527. The summed E-state index contributed by atoms with van der Waals surface area (Å²) in [4.78, 5) is 11.6. The molecule has 0 atom stereocenters. The Bertz CT molecular complexity index is 685. The molecule has 8 heteroatoms. The number of carbonyl (C=O) groups is 1. The van der Waals surface area contributed by atoms with Gasteiger partial charge in [0.1, 0.15) is 6.61 Å². The quantitative estimate of drug-likeness (QED) is 0.306. The summed E-state index contributed by atoms with van der Waals surface area (Å²) in [5.41, 5.74) is 2.73. The highest BCUT2D eigenvalue weighted by Gasteiger charge is 2.09. The van der Waals surface area contributed by atoms with Crippen LogP contribution in [0.25, 0.3) is 6.08 Å². The second-order valence-electron chi connectivity index (χ2n) is 4.35. The van der Waals surface area contributed by atoms with E-state index < -0.39 is 0 Å². The molecule has 0 saturated heterocycles. The van der Waals surface area contributed by atoms with Gasteiger partial charge in [-0.05, 0) is 16.8 Å². The van der Waals surface area contributed by atoms with Gasteiger partial charge in [-0.25, -0.2) is 0 Å². The van der Waals surface area contributed by atoms with Gasteiger partial charge in [0, 0.05) is 6.08 Å². The van der Waals surface area contributed by atoms with Crippen molar-refractivity contribution in [3.8, 4) is 5.88 Å². The average Bonchev–Trinajstić information content (AvgIpc) is 3.06. The topological polar surface area (TPSA) is 96.6 Å². The van der Waals surface area contributed by atoms with Crippen LogP contribution in [0.1, 0.15) is 11.3 Å². The molecule has 0 bridgehead atoms. The normalized spacial score (nSPS) is 10.5. The zero-order valence-corrected chi connectivity index (χ0v) is 12.9. The van der Waals surface area contributed by atoms with Crippen LogP contribution < -0.4 is 15.5 Å². The Kier molecular flexibility index (Phi) is 6.28. The van der Waals surface area contributed by atoms with Crippen LogP contribution in [0.2, 0.25) is 0 Å². The predicted octanol–water partition coefficient (Wildman–Crippen LogP) is 1.54. The molecule has 1 heterocycles.